The van der Waals surface area contributed by atoms with Gasteiger partial charge in [0.05, 0.1) is 26.7 Å². The van der Waals surface area contributed by atoms with Crippen LogP contribution in [0.2, 0.25) is 0 Å². The van der Waals surface area contributed by atoms with Crippen molar-refractivity contribution in [3.8, 4) is 12.3 Å². The predicted octanol–water partition coefficient (Wildman–Crippen LogP) is -0.590. The summed E-state index contributed by atoms with van der Waals surface area (Å²) < 4.78 is 9.70. The van der Waals surface area contributed by atoms with Crippen LogP contribution in [0.1, 0.15) is 6.42 Å². The third kappa shape index (κ3) is 2.70. The van der Waals surface area contributed by atoms with E-state index < -0.39 is 12.0 Å². The molecule has 0 saturated carbocycles. The van der Waals surface area contributed by atoms with E-state index in [0.717, 1.165) is 0 Å². The number of morpholine rings is 1. The van der Waals surface area contributed by atoms with Crippen molar-refractivity contribution in [2.75, 3.05) is 26.9 Å². The van der Waals surface area contributed by atoms with Crippen LogP contribution >= 0.6 is 0 Å². The van der Waals surface area contributed by atoms with Gasteiger partial charge >= 0.3 is 5.97 Å². The molecular weight excluding hydrogens is 198 g/mol. The first kappa shape index (κ1) is 11.5. The second-order valence-corrected chi connectivity index (χ2v) is 3.08. The average molecular weight is 211 g/mol. The molecule has 1 atom stereocenters. The molecule has 15 heavy (non-hydrogen) atoms. The number of methoxy groups -OCH3 is 1. The van der Waals surface area contributed by atoms with E-state index in [9.17, 15) is 9.59 Å². The van der Waals surface area contributed by atoms with Crippen molar-refractivity contribution in [1.82, 2.24) is 4.90 Å². The first-order valence-electron chi connectivity index (χ1n) is 4.59. The molecule has 0 bridgehead atoms. The number of ether oxygens (including phenoxy) is 2. The lowest BCUT2D eigenvalue weighted by atomic mass is 10.2. The van der Waals surface area contributed by atoms with Gasteiger partial charge in [-0.05, 0) is 0 Å². The molecular formula is C10H13NO4. The molecule has 82 valence electrons. The quantitative estimate of drug-likeness (QED) is 0.452. The van der Waals surface area contributed by atoms with Gasteiger partial charge < -0.3 is 14.4 Å². The van der Waals surface area contributed by atoms with Crippen molar-refractivity contribution in [1.29, 1.82) is 0 Å². The van der Waals surface area contributed by atoms with Crippen LogP contribution in [0.4, 0.5) is 0 Å². The van der Waals surface area contributed by atoms with E-state index in [1.54, 1.807) is 0 Å². The zero-order chi connectivity index (χ0) is 11.3. The minimum Gasteiger partial charge on any atom is -0.467 e. The van der Waals surface area contributed by atoms with Crippen LogP contribution in [0.15, 0.2) is 0 Å². The van der Waals surface area contributed by atoms with Crippen LogP contribution < -0.4 is 0 Å². The number of hydrogen-bond donors (Lipinski definition) is 0. The standard InChI is InChI=1S/C10H13NO4/c1-3-4-9(12)11-5-6-15-7-8(11)10(13)14-2/h1,8H,4-7H2,2H3. The number of carbonyl (C=O) groups is 2. The lowest BCUT2D eigenvalue weighted by Gasteiger charge is -2.33. The second-order valence-electron chi connectivity index (χ2n) is 3.08. The summed E-state index contributed by atoms with van der Waals surface area (Å²) in [6.45, 7) is 0.965. The van der Waals surface area contributed by atoms with Gasteiger partial charge in [0.1, 0.15) is 0 Å². The smallest absolute Gasteiger partial charge is 0.331 e. The van der Waals surface area contributed by atoms with Gasteiger partial charge in [-0.2, -0.15) is 0 Å². The summed E-state index contributed by atoms with van der Waals surface area (Å²) in [6.07, 6.45) is 5.04. The molecule has 1 fully saturated rings. The highest BCUT2D eigenvalue weighted by molar-refractivity contribution is 5.85. The number of esters is 1. The molecule has 5 nitrogen and oxygen atoms in total. The Hall–Kier alpha value is -1.54. The highest BCUT2D eigenvalue weighted by Gasteiger charge is 2.32. The Labute approximate surface area is 88.3 Å². The summed E-state index contributed by atoms with van der Waals surface area (Å²) in [5.41, 5.74) is 0. The summed E-state index contributed by atoms with van der Waals surface area (Å²) in [7, 11) is 1.28. The summed E-state index contributed by atoms with van der Waals surface area (Å²) in [5, 5.41) is 0. The number of amides is 1. The third-order valence-electron chi connectivity index (χ3n) is 2.18. The molecule has 1 saturated heterocycles. The van der Waals surface area contributed by atoms with Crippen LogP contribution in [0, 0.1) is 12.3 Å². The molecule has 5 heteroatoms. The Morgan fingerprint density at radius 3 is 3.00 bits per heavy atom. The fourth-order valence-corrected chi connectivity index (χ4v) is 1.42. The summed E-state index contributed by atoms with van der Waals surface area (Å²) >= 11 is 0. The number of hydrogen-bond acceptors (Lipinski definition) is 4. The first-order valence-corrected chi connectivity index (χ1v) is 4.59. The monoisotopic (exact) mass is 211 g/mol. The maximum Gasteiger partial charge on any atom is 0.331 e. The van der Waals surface area contributed by atoms with Gasteiger partial charge in [-0.1, -0.05) is 5.92 Å². The van der Waals surface area contributed by atoms with Gasteiger partial charge in [-0.3, -0.25) is 4.79 Å². The third-order valence-corrected chi connectivity index (χ3v) is 2.18. The van der Waals surface area contributed by atoms with Gasteiger partial charge in [-0.25, -0.2) is 4.79 Å². The molecule has 1 heterocycles. The summed E-state index contributed by atoms with van der Waals surface area (Å²) in [6, 6.07) is -0.662. The molecule has 1 aliphatic rings. The van der Waals surface area contributed by atoms with Crippen molar-refractivity contribution in [2.45, 2.75) is 12.5 Å². The highest BCUT2D eigenvalue weighted by atomic mass is 16.5. The molecule has 0 N–H and O–H groups in total. The highest BCUT2D eigenvalue weighted by Crippen LogP contribution is 2.09. The molecule has 0 aliphatic carbocycles. The molecule has 0 aromatic rings. The second kappa shape index (κ2) is 5.37. The van der Waals surface area contributed by atoms with Crippen LogP contribution in [0.3, 0.4) is 0 Å². The van der Waals surface area contributed by atoms with E-state index in [1.807, 2.05) is 0 Å². The molecule has 0 aromatic carbocycles. The molecule has 1 aliphatic heterocycles. The zero-order valence-electron chi connectivity index (χ0n) is 8.56. The van der Waals surface area contributed by atoms with Crippen LogP contribution in [0.5, 0.6) is 0 Å². The Balaban J connectivity index is 2.70. The Kier molecular flexibility index (Phi) is 4.13. The number of rotatable bonds is 2. The first-order chi connectivity index (χ1) is 7.20. The van der Waals surface area contributed by atoms with Crippen LogP contribution in [-0.2, 0) is 19.1 Å². The van der Waals surface area contributed by atoms with Crippen molar-refractivity contribution >= 4 is 11.9 Å². The van der Waals surface area contributed by atoms with E-state index >= 15 is 0 Å². The normalized spacial score (nSPS) is 20.5. The fourth-order valence-electron chi connectivity index (χ4n) is 1.42. The van der Waals surface area contributed by atoms with Gasteiger partial charge in [-0.15, -0.1) is 6.42 Å². The number of terminal acetylenes is 1. The minimum atomic E-state index is -0.662. The Morgan fingerprint density at radius 1 is 1.67 bits per heavy atom. The predicted molar refractivity (Wildman–Crippen MR) is 51.8 cm³/mol. The van der Waals surface area contributed by atoms with Crippen molar-refractivity contribution in [3.63, 3.8) is 0 Å². The van der Waals surface area contributed by atoms with Crippen LogP contribution in [-0.4, -0.2) is 49.7 Å². The molecule has 1 unspecified atom stereocenters. The zero-order valence-corrected chi connectivity index (χ0v) is 8.56. The average Bonchev–Trinajstić information content (AvgIpc) is 2.28. The van der Waals surface area contributed by atoms with Crippen molar-refractivity contribution in [3.05, 3.63) is 0 Å². The molecule has 1 rings (SSSR count). The summed E-state index contributed by atoms with van der Waals surface area (Å²) in [4.78, 5) is 24.3. The lowest BCUT2D eigenvalue weighted by Crippen LogP contribution is -2.52. The van der Waals surface area contributed by atoms with Crippen molar-refractivity contribution < 1.29 is 19.1 Å². The SMILES string of the molecule is C#CCC(=O)N1CCOCC1C(=O)OC. The topological polar surface area (TPSA) is 55.8 Å². The largest absolute Gasteiger partial charge is 0.467 e. The van der Waals surface area contributed by atoms with E-state index in [4.69, 9.17) is 11.2 Å². The molecule has 1 amide bonds. The van der Waals surface area contributed by atoms with E-state index in [0.29, 0.717) is 13.2 Å². The van der Waals surface area contributed by atoms with Crippen LogP contribution in [0.25, 0.3) is 0 Å². The number of nitrogens with zero attached hydrogens (tertiary/aromatic N) is 1. The van der Waals surface area contributed by atoms with E-state index in [-0.39, 0.29) is 18.9 Å². The fraction of sp³-hybridized carbons (Fsp3) is 0.600. The Morgan fingerprint density at radius 2 is 2.40 bits per heavy atom. The van der Waals surface area contributed by atoms with Crippen molar-refractivity contribution in [2.24, 2.45) is 0 Å². The van der Waals surface area contributed by atoms with Gasteiger partial charge in [0.15, 0.2) is 6.04 Å². The minimum absolute atomic E-state index is 0.00645. The van der Waals surface area contributed by atoms with Gasteiger partial charge in [0, 0.05) is 6.54 Å². The van der Waals surface area contributed by atoms with Gasteiger partial charge in [0.25, 0.3) is 0 Å². The molecule has 0 radical (unpaired) electrons. The molecule has 0 spiro atoms. The van der Waals surface area contributed by atoms with E-state index in [1.165, 1.54) is 12.0 Å². The van der Waals surface area contributed by atoms with Gasteiger partial charge in [0.2, 0.25) is 5.91 Å². The maximum atomic E-state index is 11.5. The Bertz CT molecular complexity index is 294. The summed E-state index contributed by atoms with van der Waals surface area (Å²) in [5.74, 6) is 1.55. The number of carbonyl (C=O) groups excluding carboxylic acids is 2. The lowest BCUT2D eigenvalue weighted by molar-refractivity contribution is -0.160. The molecule has 0 aromatic heterocycles. The maximum absolute atomic E-state index is 11.5. The van der Waals surface area contributed by atoms with E-state index in [2.05, 4.69) is 10.7 Å².